The summed E-state index contributed by atoms with van der Waals surface area (Å²) in [4.78, 5) is 8.52. The predicted molar refractivity (Wildman–Crippen MR) is 76.3 cm³/mol. The Morgan fingerprint density at radius 1 is 1.33 bits per heavy atom. The van der Waals surface area contributed by atoms with Crippen LogP contribution in [0.4, 0.5) is 11.8 Å². The first-order valence-corrected chi connectivity index (χ1v) is 7.01. The molecule has 0 aromatic carbocycles. The van der Waals surface area contributed by atoms with E-state index in [1.165, 1.54) is 25.7 Å². The second kappa shape index (κ2) is 5.74. The van der Waals surface area contributed by atoms with E-state index in [4.69, 9.17) is 11.6 Å². The molecule has 1 fully saturated rings. The van der Waals surface area contributed by atoms with Crippen LogP contribution in [0.1, 0.15) is 39.5 Å². The molecule has 1 saturated carbocycles. The Bertz CT molecular complexity index is 402. The van der Waals surface area contributed by atoms with Gasteiger partial charge in [-0.05, 0) is 25.2 Å². The summed E-state index contributed by atoms with van der Waals surface area (Å²) < 4.78 is 0. The molecule has 18 heavy (non-hydrogen) atoms. The largest absolute Gasteiger partial charge is 0.368 e. The van der Waals surface area contributed by atoms with Crippen molar-refractivity contribution in [1.29, 1.82) is 0 Å². The highest BCUT2D eigenvalue weighted by atomic mass is 35.5. The lowest BCUT2D eigenvalue weighted by atomic mass is 9.89. The molecular formula is C13H21ClN4. The van der Waals surface area contributed by atoms with Gasteiger partial charge in [-0.2, -0.15) is 4.98 Å². The van der Waals surface area contributed by atoms with Crippen molar-refractivity contribution < 1.29 is 0 Å². The molecule has 1 aliphatic carbocycles. The highest BCUT2D eigenvalue weighted by molar-refractivity contribution is 6.32. The van der Waals surface area contributed by atoms with Gasteiger partial charge < -0.3 is 10.6 Å². The third kappa shape index (κ3) is 3.25. The summed E-state index contributed by atoms with van der Waals surface area (Å²) >= 11 is 6.11. The van der Waals surface area contributed by atoms with Crippen molar-refractivity contribution in [1.82, 2.24) is 9.97 Å². The van der Waals surface area contributed by atoms with Gasteiger partial charge in [0.25, 0.3) is 0 Å². The smallest absolute Gasteiger partial charge is 0.224 e. The summed E-state index contributed by atoms with van der Waals surface area (Å²) in [6.07, 6.45) is 6.87. The molecule has 0 amide bonds. The van der Waals surface area contributed by atoms with E-state index in [9.17, 15) is 0 Å². The average Bonchev–Trinajstić information content (AvgIpc) is 2.78. The Hall–Kier alpha value is -1.03. The molecule has 0 spiro atoms. The van der Waals surface area contributed by atoms with Gasteiger partial charge in [-0.15, -0.1) is 0 Å². The summed E-state index contributed by atoms with van der Waals surface area (Å²) in [6.45, 7) is 6.08. The molecule has 100 valence electrons. The monoisotopic (exact) mass is 268 g/mol. The number of nitrogens with one attached hydrogen (secondary N) is 2. The van der Waals surface area contributed by atoms with Crippen molar-refractivity contribution in [2.24, 2.45) is 5.41 Å². The molecule has 2 N–H and O–H groups in total. The lowest BCUT2D eigenvalue weighted by Gasteiger charge is -2.24. The first kappa shape index (κ1) is 13.4. The number of aromatic nitrogens is 2. The summed E-state index contributed by atoms with van der Waals surface area (Å²) in [6, 6.07) is 0. The molecule has 4 nitrogen and oxygen atoms in total. The molecule has 1 aliphatic rings. The van der Waals surface area contributed by atoms with E-state index in [0.717, 1.165) is 18.9 Å². The lowest BCUT2D eigenvalue weighted by Crippen LogP contribution is -2.23. The van der Waals surface area contributed by atoms with Crippen LogP contribution in [0.5, 0.6) is 0 Å². The minimum Gasteiger partial charge on any atom is -0.368 e. The van der Waals surface area contributed by atoms with Crippen molar-refractivity contribution in [2.45, 2.75) is 39.5 Å². The van der Waals surface area contributed by atoms with Crippen LogP contribution < -0.4 is 10.6 Å². The van der Waals surface area contributed by atoms with Gasteiger partial charge in [0, 0.05) is 13.1 Å². The highest BCUT2D eigenvalue weighted by Gasteiger charge is 2.28. The number of anilines is 2. The molecule has 1 aromatic rings. The summed E-state index contributed by atoms with van der Waals surface area (Å²) in [5.41, 5.74) is 0.382. The maximum Gasteiger partial charge on any atom is 0.224 e. The maximum atomic E-state index is 6.11. The standard InChI is InChI=1S/C13H21ClN4/c1-3-15-12-16-8-10(14)11(18-12)17-9-13(2)6-4-5-7-13/h8H,3-7,9H2,1-2H3,(H2,15,16,17,18). The van der Waals surface area contributed by atoms with Gasteiger partial charge in [-0.3, -0.25) is 0 Å². The Labute approximate surface area is 114 Å². The maximum absolute atomic E-state index is 6.11. The molecule has 1 aromatic heterocycles. The highest BCUT2D eigenvalue weighted by Crippen LogP contribution is 2.37. The quantitative estimate of drug-likeness (QED) is 0.857. The van der Waals surface area contributed by atoms with E-state index >= 15 is 0 Å². The Kier molecular flexibility index (Phi) is 4.27. The fraction of sp³-hybridized carbons (Fsp3) is 0.692. The van der Waals surface area contributed by atoms with Crippen LogP contribution in [0, 0.1) is 5.41 Å². The molecule has 1 heterocycles. The topological polar surface area (TPSA) is 49.8 Å². The van der Waals surface area contributed by atoms with E-state index < -0.39 is 0 Å². The molecule has 0 bridgehead atoms. The van der Waals surface area contributed by atoms with Gasteiger partial charge in [0.15, 0.2) is 5.82 Å². The van der Waals surface area contributed by atoms with E-state index in [1.807, 2.05) is 6.92 Å². The Balaban J connectivity index is 2.01. The summed E-state index contributed by atoms with van der Waals surface area (Å²) in [7, 11) is 0. The molecule has 0 atom stereocenters. The molecule has 2 rings (SSSR count). The Morgan fingerprint density at radius 2 is 2.06 bits per heavy atom. The fourth-order valence-corrected chi connectivity index (χ4v) is 2.59. The minimum atomic E-state index is 0.382. The van der Waals surface area contributed by atoms with Gasteiger partial charge >= 0.3 is 0 Å². The van der Waals surface area contributed by atoms with E-state index in [0.29, 0.717) is 16.4 Å². The van der Waals surface area contributed by atoms with Crippen LogP contribution in [-0.2, 0) is 0 Å². The first-order valence-electron chi connectivity index (χ1n) is 6.63. The third-order valence-electron chi connectivity index (χ3n) is 3.57. The van der Waals surface area contributed by atoms with E-state index in [1.54, 1.807) is 6.20 Å². The molecule has 0 radical (unpaired) electrons. The number of rotatable bonds is 5. The minimum absolute atomic E-state index is 0.382. The first-order chi connectivity index (χ1) is 8.63. The van der Waals surface area contributed by atoms with Gasteiger partial charge in [-0.25, -0.2) is 4.98 Å². The number of nitrogens with zero attached hydrogens (tertiary/aromatic N) is 2. The third-order valence-corrected chi connectivity index (χ3v) is 3.85. The normalized spacial score (nSPS) is 17.7. The van der Waals surface area contributed by atoms with Gasteiger partial charge in [-0.1, -0.05) is 31.4 Å². The molecule has 0 unspecified atom stereocenters. The van der Waals surface area contributed by atoms with Crippen LogP contribution >= 0.6 is 11.6 Å². The van der Waals surface area contributed by atoms with Crippen molar-refractivity contribution in [2.75, 3.05) is 23.7 Å². The lowest BCUT2D eigenvalue weighted by molar-refractivity contribution is 0.361. The van der Waals surface area contributed by atoms with Gasteiger partial charge in [0.05, 0.1) is 6.20 Å². The molecular weight excluding hydrogens is 248 g/mol. The molecule has 5 heteroatoms. The number of hydrogen-bond acceptors (Lipinski definition) is 4. The van der Waals surface area contributed by atoms with E-state index in [2.05, 4.69) is 27.5 Å². The van der Waals surface area contributed by atoms with E-state index in [-0.39, 0.29) is 0 Å². The van der Waals surface area contributed by atoms with Gasteiger partial charge in [0.2, 0.25) is 5.95 Å². The zero-order chi connectivity index (χ0) is 13.0. The van der Waals surface area contributed by atoms with Crippen molar-refractivity contribution in [3.8, 4) is 0 Å². The summed E-state index contributed by atoms with van der Waals surface area (Å²) in [5, 5.41) is 7.04. The van der Waals surface area contributed by atoms with Crippen LogP contribution in [0.2, 0.25) is 5.02 Å². The second-order valence-corrected chi connectivity index (χ2v) is 5.70. The molecule has 0 aliphatic heterocycles. The van der Waals surface area contributed by atoms with Crippen LogP contribution in [0.15, 0.2) is 6.20 Å². The zero-order valence-electron chi connectivity index (χ0n) is 11.1. The average molecular weight is 269 g/mol. The van der Waals surface area contributed by atoms with Crippen LogP contribution in [0.25, 0.3) is 0 Å². The van der Waals surface area contributed by atoms with Crippen molar-refractivity contribution in [3.05, 3.63) is 11.2 Å². The fourth-order valence-electron chi connectivity index (χ4n) is 2.44. The number of hydrogen-bond donors (Lipinski definition) is 2. The predicted octanol–water partition coefficient (Wildman–Crippen LogP) is 3.55. The van der Waals surface area contributed by atoms with Crippen molar-refractivity contribution >= 4 is 23.4 Å². The van der Waals surface area contributed by atoms with Gasteiger partial charge in [0.1, 0.15) is 5.02 Å². The van der Waals surface area contributed by atoms with Crippen molar-refractivity contribution in [3.63, 3.8) is 0 Å². The van der Waals surface area contributed by atoms with Crippen LogP contribution in [-0.4, -0.2) is 23.1 Å². The Morgan fingerprint density at radius 3 is 2.72 bits per heavy atom. The van der Waals surface area contributed by atoms with Crippen LogP contribution in [0.3, 0.4) is 0 Å². The zero-order valence-corrected chi connectivity index (χ0v) is 11.8. The molecule has 0 saturated heterocycles. The number of halogens is 1. The second-order valence-electron chi connectivity index (χ2n) is 5.29. The SMILES string of the molecule is CCNc1ncc(Cl)c(NCC2(C)CCCC2)n1. The summed E-state index contributed by atoms with van der Waals surface area (Å²) in [5.74, 6) is 1.36.